The third kappa shape index (κ3) is 3.29. The van der Waals surface area contributed by atoms with E-state index in [1.165, 1.54) is 23.5 Å². The molecular formula is C15H10FN3OS. The van der Waals surface area contributed by atoms with Crippen molar-refractivity contribution in [3.63, 3.8) is 0 Å². The van der Waals surface area contributed by atoms with Gasteiger partial charge in [-0.15, -0.1) is 10.2 Å². The highest BCUT2D eigenvalue weighted by atomic mass is 32.1. The third-order valence-corrected chi connectivity index (χ3v) is 3.60. The highest BCUT2D eigenvalue weighted by molar-refractivity contribution is 7.18. The van der Waals surface area contributed by atoms with E-state index in [1.54, 1.807) is 42.6 Å². The number of aliphatic imine (C=N–C) groups is 1. The molecule has 3 rings (SSSR count). The van der Waals surface area contributed by atoms with E-state index in [9.17, 15) is 9.50 Å². The van der Waals surface area contributed by atoms with Crippen molar-refractivity contribution < 1.29 is 9.50 Å². The summed E-state index contributed by atoms with van der Waals surface area (Å²) < 4.78 is 12.9. The quantitative estimate of drug-likeness (QED) is 0.748. The Kier molecular flexibility index (Phi) is 3.70. The highest BCUT2D eigenvalue weighted by Crippen LogP contribution is 2.27. The number of nitrogens with zero attached hydrogens (tertiary/aromatic N) is 3. The van der Waals surface area contributed by atoms with Crippen LogP contribution in [-0.2, 0) is 0 Å². The molecule has 0 radical (unpaired) electrons. The van der Waals surface area contributed by atoms with E-state index < -0.39 is 0 Å². The van der Waals surface area contributed by atoms with Crippen LogP contribution in [0, 0.1) is 5.82 Å². The molecule has 0 saturated carbocycles. The molecule has 0 aliphatic rings. The minimum absolute atomic E-state index is 0.210. The van der Waals surface area contributed by atoms with Gasteiger partial charge in [-0.05, 0) is 54.1 Å². The predicted molar refractivity (Wildman–Crippen MR) is 80.7 cm³/mol. The third-order valence-electron chi connectivity index (χ3n) is 2.72. The Morgan fingerprint density at radius 2 is 1.71 bits per heavy atom. The number of aromatic nitrogens is 2. The molecule has 1 aromatic heterocycles. The van der Waals surface area contributed by atoms with Gasteiger partial charge >= 0.3 is 0 Å². The van der Waals surface area contributed by atoms with Crippen LogP contribution in [0.2, 0.25) is 0 Å². The van der Waals surface area contributed by atoms with Crippen LogP contribution in [0.5, 0.6) is 5.75 Å². The van der Waals surface area contributed by atoms with Crippen LogP contribution in [0.15, 0.2) is 53.5 Å². The average molecular weight is 299 g/mol. The maximum absolute atomic E-state index is 12.9. The number of benzene rings is 2. The number of aromatic hydroxyl groups is 1. The zero-order chi connectivity index (χ0) is 14.7. The van der Waals surface area contributed by atoms with Gasteiger partial charge in [0.15, 0.2) is 0 Å². The van der Waals surface area contributed by atoms with E-state index in [4.69, 9.17) is 0 Å². The van der Waals surface area contributed by atoms with E-state index in [0.717, 1.165) is 11.1 Å². The number of hydrogen-bond donors (Lipinski definition) is 1. The van der Waals surface area contributed by atoms with E-state index >= 15 is 0 Å². The van der Waals surface area contributed by atoms with Crippen molar-refractivity contribution in [2.45, 2.75) is 0 Å². The number of hydrogen-bond acceptors (Lipinski definition) is 5. The molecule has 104 valence electrons. The van der Waals surface area contributed by atoms with Gasteiger partial charge in [-0.25, -0.2) is 9.38 Å². The van der Waals surface area contributed by atoms with Crippen molar-refractivity contribution >= 4 is 22.7 Å². The topological polar surface area (TPSA) is 58.4 Å². The van der Waals surface area contributed by atoms with Crippen LogP contribution < -0.4 is 0 Å². The first-order valence-electron chi connectivity index (χ1n) is 6.13. The SMILES string of the molecule is Oc1ccc(C=Nc2nnc(-c3ccc(F)cc3)s2)cc1. The molecule has 2 aromatic carbocycles. The molecule has 0 aliphatic heterocycles. The second-order valence-corrected chi connectivity index (χ2v) is 5.20. The zero-order valence-corrected chi connectivity index (χ0v) is 11.6. The summed E-state index contributed by atoms with van der Waals surface area (Å²) >= 11 is 1.32. The largest absolute Gasteiger partial charge is 0.508 e. The van der Waals surface area contributed by atoms with Crippen LogP contribution in [0.3, 0.4) is 0 Å². The van der Waals surface area contributed by atoms with Crippen molar-refractivity contribution in [1.82, 2.24) is 10.2 Å². The van der Waals surface area contributed by atoms with Gasteiger partial charge in [0, 0.05) is 11.8 Å². The lowest BCUT2D eigenvalue weighted by Crippen LogP contribution is -1.78. The lowest BCUT2D eigenvalue weighted by molar-refractivity contribution is 0.475. The Bertz CT molecular complexity index is 766. The monoisotopic (exact) mass is 299 g/mol. The van der Waals surface area contributed by atoms with Crippen molar-refractivity contribution in [2.75, 3.05) is 0 Å². The van der Waals surface area contributed by atoms with E-state index in [0.29, 0.717) is 10.1 Å². The predicted octanol–water partition coefficient (Wildman–Crippen LogP) is 3.80. The fourth-order valence-electron chi connectivity index (χ4n) is 1.67. The highest BCUT2D eigenvalue weighted by Gasteiger charge is 2.05. The summed E-state index contributed by atoms with van der Waals surface area (Å²) in [6.45, 7) is 0. The molecule has 4 nitrogen and oxygen atoms in total. The molecule has 3 aromatic rings. The zero-order valence-electron chi connectivity index (χ0n) is 10.8. The smallest absolute Gasteiger partial charge is 0.231 e. The maximum Gasteiger partial charge on any atom is 0.231 e. The van der Waals surface area contributed by atoms with Crippen molar-refractivity contribution in [3.8, 4) is 16.3 Å². The Morgan fingerprint density at radius 1 is 1.00 bits per heavy atom. The van der Waals surface area contributed by atoms with E-state index in [2.05, 4.69) is 15.2 Å². The maximum atomic E-state index is 12.9. The van der Waals surface area contributed by atoms with Crippen molar-refractivity contribution in [1.29, 1.82) is 0 Å². The fourth-order valence-corrected chi connectivity index (χ4v) is 2.36. The second kappa shape index (κ2) is 5.80. The standard InChI is InChI=1S/C15H10FN3OS/c16-12-5-3-11(4-6-12)14-18-19-15(21-14)17-9-10-1-7-13(20)8-2-10/h1-9,20H. The van der Waals surface area contributed by atoms with Crippen molar-refractivity contribution in [2.24, 2.45) is 4.99 Å². The fraction of sp³-hybridized carbons (Fsp3) is 0. The normalized spacial score (nSPS) is 11.1. The van der Waals surface area contributed by atoms with Crippen LogP contribution in [0.25, 0.3) is 10.6 Å². The molecule has 1 heterocycles. The number of phenols is 1. The Balaban J connectivity index is 1.78. The van der Waals surface area contributed by atoms with Crippen LogP contribution in [0.4, 0.5) is 9.52 Å². The summed E-state index contributed by atoms with van der Waals surface area (Å²) in [6, 6.07) is 12.8. The summed E-state index contributed by atoms with van der Waals surface area (Å²) in [6.07, 6.45) is 1.65. The van der Waals surface area contributed by atoms with Gasteiger partial charge in [0.2, 0.25) is 5.13 Å². The van der Waals surface area contributed by atoms with Crippen LogP contribution >= 0.6 is 11.3 Å². The van der Waals surface area contributed by atoms with Gasteiger partial charge < -0.3 is 5.11 Å². The first-order valence-corrected chi connectivity index (χ1v) is 6.95. The van der Waals surface area contributed by atoms with Gasteiger partial charge in [0.25, 0.3) is 0 Å². The lowest BCUT2D eigenvalue weighted by Gasteiger charge is -1.93. The summed E-state index contributed by atoms with van der Waals surface area (Å²) in [5, 5.41) is 18.4. The lowest BCUT2D eigenvalue weighted by atomic mass is 10.2. The van der Waals surface area contributed by atoms with Gasteiger partial charge in [0.1, 0.15) is 16.6 Å². The number of halogens is 1. The minimum atomic E-state index is -0.283. The van der Waals surface area contributed by atoms with Crippen LogP contribution in [-0.4, -0.2) is 21.5 Å². The molecule has 6 heteroatoms. The van der Waals surface area contributed by atoms with Gasteiger partial charge in [0.05, 0.1) is 0 Å². The molecular weight excluding hydrogens is 289 g/mol. The summed E-state index contributed by atoms with van der Waals surface area (Å²) in [7, 11) is 0. The summed E-state index contributed by atoms with van der Waals surface area (Å²) in [4.78, 5) is 4.23. The Morgan fingerprint density at radius 3 is 2.43 bits per heavy atom. The van der Waals surface area contributed by atoms with Crippen molar-refractivity contribution in [3.05, 3.63) is 59.9 Å². The van der Waals surface area contributed by atoms with Gasteiger partial charge in [-0.2, -0.15) is 0 Å². The molecule has 0 amide bonds. The molecule has 0 fully saturated rings. The molecule has 0 unspecified atom stereocenters. The Hall–Kier alpha value is -2.60. The summed E-state index contributed by atoms with van der Waals surface area (Å²) in [5.41, 5.74) is 1.66. The van der Waals surface area contributed by atoms with E-state index in [1.807, 2.05) is 0 Å². The average Bonchev–Trinajstić information content (AvgIpc) is 2.96. The van der Waals surface area contributed by atoms with Crippen LogP contribution in [0.1, 0.15) is 5.56 Å². The first kappa shape index (κ1) is 13.4. The number of phenolic OH excluding ortho intramolecular Hbond substituents is 1. The van der Waals surface area contributed by atoms with Gasteiger partial charge in [-0.3, -0.25) is 0 Å². The molecule has 0 saturated heterocycles. The molecule has 0 bridgehead atoms. The molecule has 0 aliphatic carbocycles. The first-order chi connectivity index (χ1) is 10.2. The minimum Gasteiger partial charge on any atom is -0.508 e. The molecule has 0 spiro atoms. The number of rotatable bonds is 3. The molecule has 1 N–H and O–H groups in total. The Labute approximate surface area is 124 Å². The van der Waals surface area contributed by atoms with E-state index in [-0.39, 0.29) is 11.6 Å². The molecule has 0 atom stereocenters. The van der Waals surface area contributed by atoms with Gasteiger partial charge in [-0.1, -0.05) is 11.3 Å². The second-order valence-electron chi connectivity index (χ2n) is 4.25. The molecule has 21 heavy (non-hydrogen) atoms. The summed E-state index contributed by atoms with van der Waals surface area (Å²) in [5.74, 6) is -0.0736.